The van der Waals surface area contributed by atoms with Gasteiger partial charge in [-0.3, -0.25) is 4.79 Å². The SMILES string of the molecule is CC1Cc2cccc(I)c2C1=O. The molecule has 0 saturated carbocycles. The largest absolute Gasteiger partial charge is 0.294 e. The molecule has 2 rings (SSSR count). The predicted octanol–water partition coefficient (Wildman–Crippen LogP) is 2.67. The second kappa shape index (κ2) is 2.83. The van der Waals surface area contributed by atoms with E-state index in [2.05, 4.69) is 28.7 Å². The molecule has 0 saturated heterocycles. The number of hydrogen-bond donors (Lipinski definition) is 0. The highest BCUT2D eigenvalue weighted by atomic mass is 127. The second-order valence-electron chi connectivity index (χ2n) is 3.24. The van der Waals surface area contributed by atoms with Gasteiger partial charge >= 0.3 is 0 Å². The molecule has 12 heavy (non-hydrogen) atoms. The minimum Gasteiger partial charge on any atom is -0.294 e. The Morgan fingerprint density at radius 1 is 1.50 bits per heavy atom. The minimum absolute atomic E-state index is 0.191. The van der Waals surface area contributed by atoms with Gasteiger partial charge in [-0.05, 0) is 40.6 Å². The number of carbonyl (C=O) groups is 1. The standard InChI is InChI=1S/C10H9IO/c1-6-5-7-3-2-4-8(11)9(7)10(6)12/h2-4,6H,5H2,1H3. The van der Waals surface area contributed by atoms with E-state index in [0.29, 0.717) is 5.78 Å². The van der Waals surface area contributed by atoms with Crippen molar-refractivity contribution in [3.8, 4) is 0 Å². The van der Waals surface area contributed by atoms with E-state index in [0.717, 1.165) is 15.6 Å². The van der Waals surface area contributed by atoms with Gasteiger partial charge < -0.3 is 0 Å². The van der Waals surface area contributed by atoms with Gasteiger partial charge in [0.05, 0.1) is 0 Å². The Morgan fingerprint density at radius 2 is 2.25 bits per heavy atom. The maximum Gasteiger partial charge on any atom is 0.167 e. The maximum absolute atomic E-state index is 11.6. The number of benzene rings is 1. The summed E-state index contributed by atoms with van der Waals surface area (Å²) in [5.74, 6) is 0.505. The normalized spacial score (nSPS) is 21.2. The van der Waals surface area contributed by atoms with E-state index in [-0.39, 0.29) is 5.92 Å². The average Bonchev–Trinajstić information content (AvgIpc) is 2.29. The molecule has 1 unspecified atom stereocenters. The molecular formula is C10H9IO. The zero-order chi connectivity index (χ0) is 8.72. The number of halogens is 1. The molecule has 0 aliphatic heterocycles. The van der Waals surface area contributed by atoms with Crippen molar-refractivity contribution in [1.82, 2.24) is 0 Å². The zero-order valence-corrected chi connectivity index (χ0v) is 8.96. The zero-order valence-electron chi connectivity index (χ0n) is 6.80. The van der Waals surface area contributed by atoms with Crippen LogP contribution in [-0.4, -0.2) is 5.78 Å². The van der Waals surface area contributed by atoms with Crippen molar-refractivity contribution < 1.29 is 4.79 Å². The van der Waals surface area contributed by atoms with E-state index in [1.807, 2.05) is 19.1 Å². The van der Waals surface area contributed by atoms with Gasteiger partial charge in [-0.2, -0.15) is 0 Å². The van der Waals surface area contributed by atoms with Crippen LogP contribution in [0.5, 0.6) is 0 Å². The molecule has 0 amide bonds. The molecule has 0 aromatic heterocycles. The van der Waals surface area contributed by atoms with Gasteiger partial charge in [-0.25, -0.2) is 0 Å². The fraction of sp³-hybridized carbons (Fsp3) is 0.300. The van der Waals surface area contributed by atoms with Crippen LogP contribution >= 0.6 is 22.6 Å². The van der Waals surface area contributed by atoms with Crippen LogP contribution in [0.1, 0.15) is 22.8 Å². The van der Waals surface area contributed by atoms with Crippen LogP contribution in [0.4, 0.5) is 0 Å². The fourth-order valence-corrected chi connectivity index (χ4v) is 2.50. The Hall–Kier alpha value is -0.380. The van der Waals surface area contributed by atoms with Gasteiger partial charge in [0, 0.05) is 15.1 Å². The molecule has 62 valence electrons. The first-order valence-electron chi connectivity index (χ1n) is 4.01. The lowest BCUT2D eigenvalue weighted by molar-refractivity contribution is 0.0945. The number of Topliss-reactive ketones (excluding diaryl/α,β-unsaturated/α-hetero) is 1. The molecule has 0 N–H and O–H groups in total. The van der Waals surface area contributed by atoms with Crippen molar-refractivity contribution in [2.24, 2.45) is 5.92 Å². The van der Waals surface area contributed by atoms with Gasteiger partial charge in [0.1, 0.15) is 0 Å². The highest BCUT2D eigenvalue weighted by Gasteiger charge is 2.28. The van der Waals surface area contributed by atoms with Crippen molar-refractivity contribution in [1.29, 1.82) is 0 Å². The van der Waals surface area contributed by atoms with Crippen LogP contribution < -0.4 is 0 Å². The summed E-state index contributed by atoms with van der Waals surface area (Å²) in [6.45, 7) is 2.00. The molecule has 0 fully saturated rings. The first-order chi connectivity index (χ1) is 5.70. The number of rotatable bonds is 0. The summed E-state index contributed by atoms with van der Waals surface area (Å²) in [6.07, 6.45) is 0.922. The first-order valence-corrected chi connectivity index (χ1v) is 5.09. The molecule has 0 heterocycles. The first kappa shape index (κ1) is 8.23. The molecule has 1 aromatic rings. The third-order valence-corrected chi connectivity index (χ3v) is 3.22. The summed E-state index contributed by atoms with van der Waals surface area (Å²) in [4.78, 5) is 11.6. The molecular weight excluding hydrogens is 263 g/mol. The molecule has 1 atom stereocenters. The summed E-state index contributed by atoms with van der Waals surface area (Å²) in [6, 6.07) is 6.07. The van der Waals surface area contributed by atoms with Gasteiger partial charge in [0.2, 0.25) is 0 Å². The summed E-state index contributed by atoms with van der Waals surface area (Å²) in [7, 11) is 0. The van der Waals surface area contributed by atoms with Gasteiger partial charge in [0.25, 0.3) is 0 Å². The Bertz CT molecular complexity index is 344. The van der Waals surface area contributed by atoms with Crippen LogP contribution in [0.25, 0.3) is 0 Å². The third-order valence-electron chi connectivity index (χ3n) is 2.32. The molecule has 1 aliphatic rings. The fourth-order valence-electron chi connectivity index (χ4n) is 1.68. The van der Waals surface area contributed by atoms with E-state index in [1.54, 1.807) is 0 Å². The molecule has 0 radical (unpaired) electrons. The average molecular weight is 272 g/mol. The van der Waals surface area contributed by atoms with Crippen molar-refractivity contribution in [3.63, 3.8) is 0 Å². The van der Waals surface area contributed by atoms with Crippen LogP contribution in [0.3, 0.4) is 0 Å². The number of carbonyl (C=O) groups excluding carboxylic acids is 1. The van der Waals surface area contributed by atoms with Crippen molar-refractivity contribution in [2.75, 3.05) is 0 Å². The molecule has 1 aromatic carbocycles. The van der Waals surface area contributed by atoms with Crippen molar-refractivity contribution in [2.45, 2.75) is 13.3 Å². The molecule has 2 heteroatoms. The maximum atomic E-state index is 11.6. The van der Waals surface area contributed by atoms with Gasteiger partial charge in [0.15, 0.2) is 5.78 Å². The van der Waals surface area contributed by atoms with E-state index >= 15 is 0 Å². The Labute approximate surface area is 85.3 Å². The highest BCUT2D eigenvalue weighted by Crippen LogP contribution is 2.29. The molecule has 0 bridgehead atoms. The van der Waals surface area contributed by atoms with Crippen LogP contribution in [0.2, 0.25) is 0 Å². The third kappa shape index (κ3) is 1.09. The van der Waals surface area contributed by atoms with Crippen LogP contribution in [0.15, 0.2) is 18.2 Å². The van der Waals surface area contributed by atoms with Crippen LogP contribution in [0, 0.1) is 9.49 Å². The lowest BCUT2D eigenvalue weighted by Crippen LogP contribution is -2.04. The van der Waals surface area contributed by atoms with Gasteiger partial charge in [-0.15, -0.1) is 0 Å². The summed E-state index contributed by atoms with van der Waals surface area (Å²) in [5, 5.41) is 0. The Morgan fingerprint density at radius 3 is 2.92 bits per heavy atom. The lowest BCUT2D eigenvalue weighted by atomic mass is 10.1. The smallest absolute Gasteiger partial charge is 0.167 e. The van der Waals surface area contributed by atoms with E-state index in [4.69, 9.17) is 0 Å². The minimum atomic E-state index is 0.191. The number of hydrogen-bond acceptors (Lipinski definition) is 1. The van der Waals surface area contributed by atoms with E-state index in [9.17, 15) is 4.79 Å². The molecule has 1 nitrogen and oxygen atoms in total. The van der Waals surface area contributed by atoms with E-state index in [1.165, 1.54) is 5.56 Å². The summed E-state index contributed by atoms with van der Waals surface area (Å²) < 4.78 is 1.10. The monoisotopic (exact) mass is 272 g/mol. The molecule has 1 aliphatic carbocycles. The van der Waals surface area contributed by atoms with Crippen molar-refractivity contribution >= 4 is 28.4 Å². The summed E-state index contributed by atoms with van der Waals surface area (Å²) in [5.41, 5.74) is 2.19. The lowest BCUT2D eigenvalue weighted by Gasteiger charge is -1.98. The Balaban J connectivity index is 2.62. The molecule has 0 spiro atoms. The van der Waals surface area contributed by atoms with Crippen LogP contribution in [-0.2, 0) is 6.42 Å². The quantitative estimate of drug-likeness (QED) is 0.663. The van der Waals surface area contributed by atoms with Crippen molar-refractivity contribution in [3.05, 3.63) is 32.9 Å². The Kier molecular flexibility index (Phi) is 1.94. The summed E-state index contributed by atoms with van der Waals surface area (Å²) >= 11 is 2.23. The highest BCUT2D eigenvalue weighted by molar-refractivity contribution is 14.1. The second-order valence-corrected chi connectivity index (χ2v) is 4.41. The number of ketones is 1. The topological polar surface area (TPSA) is 17.1 Å². The number of fused-ring (bicyclic) bond motifs is 1. The van der Waals surface area contributed by atoms with E-state index < -0.39 is 0 Å². The predicted molar refractivity (Wildman–Crippen MR) is 56.4 cm³/mol. The van der Waals surface area contributed by atoms with Gasteiger partial charge in [-0.1, -0.05) is 19.1 Å².